The van der Waals surface area contributed by atoms with Gasteiger partial charge < -0.3 is 15.4 Å². The van der Waals surface area contributed by atoms with Crippen LogP contribution in [0.3, 0.4) is 0 Å². The van der Waals surface area contributed by atoms with Gasteiger partial charge in [-0.2, -0.15) is 4.31 Å². The lowest BCUT2D eigenvalue weighted by Crippen LogP contribution is -2.35. The van der Waals surface area contributed by atoms with Crippen molar-refractivity contribution in [3.05, 3.63) is 94.2 Å². The molecule has 1 aliphatic heterocycles. The summed E-state index contributed by atoms with van der Waals surface area (Å²) < 4.78 is 35.1. The molecule has 2 heterocycles. The van der Waals surface area contributed by atoms with Gasteiger partial charge in [-0.15, -0.1) is 10.2 Å². The minimum atomic E-state index is -3.60. The molecule has 246 valence electrons. The van der Waals surface area contributed by atoms with Crippen molar-refractivity contribution in [1.29, 1.82) is 0 Å². The summed E-state index contributed by atoms with van der Waals surface area (Å²) in [6.07, 6.45) is 2.70. The summed E-state index contributed by atoms with van der Waals surface area (Å²) in [5, 5.41) is 14.7. The van der Waals surface area contributed by atoms with Crippen LogP contribution >= 0.6 is 27.7 Å². The first kappa shape index (κ1) is 34.3. The Bertz CT molecular complexity index is 1830. The minimum absolute atomic E-state index is 0.0212. The molecule has 3 aromatic carbocycles. The summed E-state index contributed by atoms with van der Waals surface area (Å²) in [5.41, 5.74) is 1.95. The molecule has 0 aliphatic carbocycles. The van der Waals surface area contributed by atoms with Crippen LogP contribution in [0.25, 0.3) is 5.69 Å². The number of thioether (sulfide) groups is 1. The zero-order chi connectivity index (χ0) is 33.4. The number of ether oxygens (including phenoxy) is 1. The molecule has 2 amide bonds. The fourth-order valence-corrected chi connectivity index (χ4v) is 7.44. The van der Waals surface area contributed by atoms with E-state index in [1.807, 2.05) is 24.3 Å². The van der Waals surface area contributed by atoms with Crippen molar-refractivity contribution in [3.8, 4) is 5.69 Å². The third kappa shape index (κ3) is 8.66. The largest absolute Gasteiger partial charge is 0.462 e. The zero-order valence-electron chi connectivity index (χ0n) is 25.5. The van der Waals surface area contributed by atoms with Gasteiger partial charge in [-0.1, -0.05) is 34.1 Å². The van der Waals surface area contributed by atoms with Gasteiger partial charge in [0.15, 0.2) is 11.0 Å². The molecule has 1 aliphatic rings. The smallest absolute Gasteiger partial charge is 0.338 e. The number of rotatable bonds is 12. The molecule has 0 saturated carbocycles. The maximum atomic E-state index is 13.0. The number of benzene rings is 3. The van der Waals surface area contributed by atoms with Gasteiger partial charge in [-0.3, -0.25) is 14.2 Å². The summed E-state index contributed by atoms with van der Waals surface area (Å²) in [5.74, 6) is -0.670. The van der Waals surface area contributed by atoms with Crippen molar-refractivity contribution in [3.63, 3.8) is 0 Å². The van der Waals surface area contributed by atoms with E-state index in [1.54, 1.807) is 35.8 Å². The van der Waals surface area contributed by atoms with E-state index in [1.165, 1.54) is 40.3 Å². The van der Waals surface area contributed by atoms with Gasteiger partial charge in [0.1, 0.15) is 0 Å². The fraction of sp³-hybridized carbons (Fsp3) is 0.281. The first-order chi connectivity index (χ1) is 22.7. The molecule has 5 rings (SSSR count). The molecule has 2 N–H and O–H groups in total. The van der Waals surface area contributed by atoms with Crippen LogP contribution in [0.15, 0.2) is 87.3 Å². The summed E-state index contributed by atoms with van der Waals surface area (Å²) in [6, 6.07) is 19.7. The Morgan fingerprint density at radius 2 is 1.55 bits per heavy atom. The molecule has 0 atom stereocenters. The highest BCUT2D eigenvalue weighted by Gasteiger charge is 2.26. The van der Waals surface area contributed by atoms with Crippen LogP contribution in [0.5, 0.6) is 0 Å². The quantitative estimate of drug-likeness (QED) is 0.150. The van der Waals surface area contributed by atoms with Gasteiger partial charge in [-0.25, -0.2) is 13.2 Å². The molecule has 0 bridgehead atoms. The summed E-state index contributed by atoms with van der Waals surface area (Å²) in [6.45, 7) is 3.03. The van der Waals surface area contributed by atoms with Crippen LogP contribution in [-0.4, -0.2) is 70.7 Å². The van der Waals surface area contributed by atoms with Gasteiger partial charge in [0, 0.05) is 34.5 Å². The van der Waals surface area contributed by atoms with Crippen LogP contribution in [-0.2, 0) is 26.1 Å². The van der Waals surface area contributed by atoms with Crippen LogP contribution in [0.1, 0.15) is 52.7 Å². The van der Waals surface area contributed by atoms with Crippen molar-refractivity contribution in [2.75, 3.05) is 30.8 Å². The number of nitrogens with zero attached hydrogens (tertiary/aromatic N) is 4. The summed E-state index contributed by atoms with van der Waals surface area (Å²) in [7, 11) is -3.60. The average Bonchev–Trinajstić information content (AvgIpc) is 3.50. The maximum absolute atomic E-state index is 13.0. The number of anilines is 1. The van der Waals surface area contributed by atoms with Crippen molar-refractivity contribution in [1.82, 2.24) is 24.4 Å². The standard InChI is InChI=1S/C32H33BrN6O6S2/c1-2-45-31(42)23-6-12-25(13-7-23)35-29(40)21-46-32-37-36-28(39(32)26-14-10-24(33)11-15-26)20-34-30(41)22-8-16-27(17-9-22)47(43,44)38-18-4-3-5-19-38/h6-17H,2-5,18-21H2,1H3,(H,34,41)(H,35,40). The number of piperidine rings is 1. The molecule has 0 unspecified atom stereocenters. The Morgan fingerprint density at radius 1 is 0.894 bits per heavy atom. The number of carbonyl (C=O) groups excluding carboxylic acids is 3. The third-order valence-corrected chi connectivity index (χ3v) is 10.6. The molecule has 0 spiro atoms. The molecule has 15 heteroatoms. The topological polar surface area (TPSA) is 153 Å². The lowest BCUT2D eigenvalue weighted by molar-refractivity contribution is -0.113. The van der Waals surface area contributed by atoms with E-state index in [-0.39, 0.29) is 29.7 Å². The summed E-state index contributed by atoms with van der Waals surface area (Å²) >= 11 is 4.61. The molecule has 0 radical (unpaired) electrons. The Balaban J connectivity index is 1.24. The summed E-state index contributed by atoms with van der Waals surface area (Å²) in [4.78, 5) is 37.9. The average molecular weight is 742 g/mol. The van der Waals surface area contributed by atoms with E-state index in [0.29, 0.717) is 40.9 Å². The van der Waals surface area contributed by atoms with Crippen LogP contribution in [0, 0.1) is 0 Å². The predicted octanol–water partition coefficient (Wildman–Crippen LogP) is 5.04. The highest BCUT2D eigenvalue weighted by molar-refractivity contribution is 9.10. The monoisotopic (exact) mass is 740 g/mol. The molecule has 4 aromatic rings. The van der Waals surface area contributed by atoms with Gasteiger partial charge >= 0.3 is 5.97 Å². The van der Waals surface area contributed by atoms with Gasteiger partial charge in [0.25, 0.3) is 5.91 Å². The van der Waals surface area contributed by atoms with E-state index in [0.717, 1.165) is 29.4 Å². The number of esters is 1. The first-order valence-corrected chi connectivity index (χ1v) is 18.2. The van der Waals surface area contributed by atoms with E-state index >= 15 is 0 Å². The highest BCUT2D eigenvalue weighted by atomic mass is 79.9. The molecule has 47 heavy (non-hydrogen) atoms. The SMILES string of the molecule is CCOC(=O)c1ccc(NC(=O)CSc2nnc(CNC(=O)c3ccc(S(=O)(=O)N4CCCCC4)cc3)n2-c2ccc(Br)cc2)cc1. The van der Waals surface area contributed by atoms with E-state index in [2.05, 4.69) is 36.8 Å². The molecule has 1 fully saturated rings. The first-order valence-electron chi connectivity index (χ1n) is 14.9. The molecule has 12 nitrogen and oxygen atoms in total. The van der Waals surface area contributed by atoms with Crippen molar-refractivity contribution < 1.29 is 27.5 Å². The second kappa shape index (κ2) is 15.7. The number of hydrogen-bond acceptors (Lipinski definition) is 9. The van der Waals surface area contributed by atoms with E-state index in [4.69, 9.17) is 4.74 Å². The second-order valence-corrected chi connectivity index (χ2v) is 14.3. The Kier molecular flexibility index (Phi) is 11.4. The second-order valence-electron chi connectivity index (χ2n) is 10.5. The predicted molar refractivity (Wildman–Crippen MR) is 181 cm³/mol. The Labute approximate surface area is 285 Å². The number of amides is 2. The van der Waals surface area contributed by atoms with Crippen LogP contribution in [0.2, 0.25) is 0 Å². The Hall–Kier alpha value is -4.05. The number of aromatic nitrogens is 3. The number of nitrogens with one attached hydrogen (secondary N) is 2. The van der Waals surface area contributed by atoms with E-state index in [9.17, 15) is 22.8 Å². The normalized spacial score (nSPS) is 13.6. The number of halogens is 1. The van der Waals surface area contributed by atoms with E-state index < -0.39 is 21.9 Å². The van der Waals surface area contributed by atoms with Crippen LogP contribution < -0.4 is 10.6 Å². The molecular formula is C32H33BrN6O6S2. The highest BCUT2D eigenvalue weighted by Crippen LogP contribution is 2.25. The van der Waals surface area contributed by atoms with Crippen molar-refractivity contribution in [2.45, 2.75) is 42.8 Å². The number of carbonyl (C=O) groups is 3. The van der Waals surface area contributed by atoms with Gasteiger partial charge in [0.05, 0.1) is 29.4 Å². The number of sulfonamides is 1. The molecular weight excluding hydrogens is 708 g/mol. The molecule has 1 saturated heterocycles. The van der Waals surface area contributed by atoms with Crippen molar-refractivity contribution in [2.24, 2.45) is 0 Å². The third-order valence-electron chi connectivity index (χ3n) is 7.27. The lowest BCUT2D eigenvalue weighted by Gasteiger charge is -2.25. The lowest BCUT2D eigenvalue weighted by atomic mass is 10.2. The minimum Gasteiger partial charge on any atom is -0.462 e. The maximum Gasteiger partial charge on any atom is 0.338 e. The van der Waals surface area contributed by atoms with Crippen molar-refractivity contribution >= 4 is 61.2 Å². The Morgan fingerprint density at radius 3 is 2.21 bits per heavy atom. The number of hydrogen-bond donors (Lipinski definition) is 2. The zero-order valence-corrected chi connectivity index (χ0v) is 28.7. The molecule has 1 aromatic heterocycles. The van der Waals surface area contributed by atoms with Gasteiger partial charge in [0.2, 0.25) is 15.9 Å². The fourth-order valence-electron chi connectivity index (χ4n) is 4.88. The van der Waals surface area contributed by atoms with Crippen LogP contribution in [0.4, 0.5) is 5.69 Å². The van der Waals surface area contributed by atoms with Gasteiger partial charge in [-0.05, 0) is 92.6 Å².